The van der Waals surface area contributed by atoms with Crippen LogP contribution in [0.3, 0.4) is 0 Å². The van der Waals surface area contributed by atoms with Crippen molar-refractivity contribution in [1.29, 1.82) is 0 Å². The van der Waals surface area contributed by atoms with Gasteiger partial charge in [-0.2, -0.15) is 0 Å². The van der Waals surface area contributed by atoms with E-state index >= 15 is 0 Å². The number of rotatable bonds is 2. The summed E-state index contributed by atoms with van der Waals surface area (Å²) in [5.41, 5.74) is 0.458. The van der Waals surface area contributed by atoms with E-state index in [9.17, 15) is 4.79 Å². The van der Waals surface area contributed by atoms with Crippen molar-refractivity contribution in [3.63, 3.8) is 0 Å². The first-order chi connectivity index (χ1) is 7.56. The second-order valence-corrected chi connectivity index (χ2v) is 5.67. The molecule has 0 amide bonds. The molecule has 0 aromatic rings. The molecule has 88 valence electrons. The van der Waals surface area contributed by atoms with E-state index in [1.165, 1.54) is 6.42 Å². The van der Waals surface area contributed by atoms with Crippen LogP contribution in [-0.4, -0.2) is 17.9 Å². The molecule has 4 bridgehead atoms. The summed E-state index contributed by atoms with van der Waals surface area (Å²) in [5, 5.41) is 0. The Morgan fingerprint density at radius 1 is 1.31 bits per heavy atom. The molecule has 0 aromatic carbocycles. The quantitative estimate of drug-likeness (QED) is 0.531. The van der Waals surface area contributed by atoms with Crippen LogP contribution in [0, 0.1) is 11.8 Å². The van der Waals surface area contributed by atoms with Crippen molar-refractivity contribution < 1.29 is 14.3 Å². The minimum atomic E-state index is -0.606. The number of ether oxygens (including phenoxy) is 2. The molecule has 16 heavy (non-hydrogen) atoms. The van der Waals surface area contributed by atoms with Gasteiger partial charge in [0.1, 0.15) is 0 Å². The summed E-state index contributed by atoms with van der Waals surface area (Å²) in [6.07, 6.45) is 5.71. The molecule has 2 saturated carbocycles. The van der Waals surface area contributed by atoms with Crippen LogP contribution in [0.15, 0.2) is 12.2 Å². The summed E-state index contributed by atoms with van der Waals surface area (Å²) in [6, 6.07) is 0. The van der Waals surface area contributed by atoms with Crippen LogP contribution in [0.25, 0.3) is 0 Å². The maximum absolute atomic E-state index is 11.6. The fraction of sp³-hybridized carbons (Fsp3) is 0.769. The number of carbonyl (C=O) groups excluding carboxylic acids is 1. The Labute approximate surface area is 95.8 Å². The lowest BCUT2D eigenvalue weighted by molar-refractivity contribution is -0.321. The van der Waals surface area contributed by atoms with Gasteiger partial charge in [-0.1, -0.05) is 6.58 Å². The van der Waals surface area contributed by atoms with Gasteiger partial charge in [-0.3, -0.25) is 0 Å². The first-order valence-corrected chi connectivity index (χ1v) is 6.13. The van der Waals surface area contributed by atoms with Crippen LogP contribution >= 0.6 is 0 Å². The molecule has 3 heteroatoms. The van der Waals surface area contributed by atoms with Crippen LogP contribution < -0.4 is 0 Å². The average molecular weight is 222 g/mol. The standard InChI is InChI=1S/C13H18O3/c1-8(2)12(14)16-13-6-9-3-10(7-13)5-11(4-9)15-13/h9-11H,1,3-7H2,2H3. The lowest BCUT2D eigenvalue weighted by Crippen LogP contribution is -2.56. The van der Waals surface area contributed by atoms with Crippen molar-refractivity contribution in [3.05, 3.63) is 12.2 Å². The topological polar surface area (TPSA) is 35.5 Å². The largest absolute Gasteiger partial charge is 0.430 e. The van der Waals surface area contributed by atoms with Crippen LogP contribution in [0.4, 0.5) is 0 Å². The predicted octanol–water partition coefficient (Wildman–Crippen LogP) is 2.41. The Kier molecular flexibility index (Phi) is 2.15. The number of hydrogen-bond acceptors (Lipinski definition) is 3. The zero-order valence-electron chi connectivity index (χ0n) is 9.70. The van der Waals surface area contributed by atoms with Gasteiger partial charge in [-0.05, 0) is 38.0 Å². The van der Waals surface area contributed by atoms with Crippen molar-refractivity contribution in [3.8, 4) is 0 Å². The minimum absolute atomic E-state index is 0.304. The van der Waals surface area contributed by atoms with Gasteiger partial charge in [0.15, 0.2) is 0 Å². The van der Waals surface area contributed by atoms with E-state index in [2.05, 4.69) is 6.58 Å². The van der Waals surface area contributed by atoms with Gasteiger partial charge in [0.05, 0.1) is 6.10 Å². The normalized spacial score (nSPS) is 44.4. The maximum atomic E-state index is 11.6. The van der Waals surface area contributed by atoms with E-state index in [-0.39, 0.29) is 5.97 Å². The van der Waals surface area contributed by atoms with Gasteiger partial charge >= 0.3 is 5.97 Å². The fourth-order valence-electron chi connectivity index (χ4n) is 3.66. The van der Waals surface area contributed by atoms with E-state index in [0.717, 1.165) is 25.7 Å². The van der Waals surface area contributed by atoms with Crippen molar-refractivity contribution in [2.45, 2.75) is 50.9 Å². The van der Waals surface area contributed by atoms with Crippen LogP contribution in [0.1, 0.15) is 39.0 Å². The van der Waals surface area contributed by atoms with E-state index < -0.39 is 5.79 Å². The molecule has 2 heterocycles. The van der Waals surface area contributed by atoms with Gasteiger partial charge < -0.3 is 9.47 Å². The van der Waals surface area contributed by atoms with Gasteiger partial charge in [0.2, 0.25) is 5.79 Å². The summed E-state index contributed by atoms with van der Waals surface area (Å²) in [5.74, 6) is 0.486. The van der Waals surface area contributed by atoms with Crippen molar-refractivity contribution in [1.82, 2.24) is 0 Å². The van der Waals surface area contributed by atoms with Crippen LogP contribution in [0.5, 0.6) is 0 Å². The maximum Gasteiger partial charge on any atom is 0.335 e. The molecular weight excluding hydrogens is 204 g/mol. The van der Waals surface area contributed by atoms with Gasteiger partial charge in [-0.25, -0.2) is 4.79 Å². The van der Waals surface area contributed by atoms with E-state index in [4.69, 9.17) is 9.47 Å². The first-order valence-electron chi connectivity index (χ1n) is 6.13. The predicted molar refractivity (Wildman–Crippen MR) is 58.6 cm³/mol. The molecule has 0 aromatic heterocycles. The van der Waals surface area contributed by atoms with Crippen molar-refractivity contribution in [2.75, 3.05) is 0 Å². The first kappa shape index (κ1) is 10.3. The summed E-state index contributed by atoms with van der Waals surface area (Å²) in [4.78, 5) is 11.6. The SMILES string of the molecule is C=C(C)C(=O)OC12CC3CC(CC(C3)O1)C2. The Hall–Kier alpha value is -0.830. The highest BCUT2D eigenvalue weighted by Gasteiger charge is 2.54. The number of hydrogen-bond donors (Lipinski definition) is 0. The Morgan fingerprint density at radius 2 is 1.94 bits per heavy atom. The molecule has 2 atom stereocenters. The van der Waals surface area contributed by atoms with Gasteiger partial charge in [-0.15, -0.1) is 0 Å². The summed E-state index contributed by atoms with van der Waals surface area (Å²) in [6.45, 7) is 5.31. The third-order valence-corrected chi connectivity index (χ3v) is 4.07. The van der Waals surface area contributed by atoms with Gasteiger partial charge in [0.25, 0.3) is 0 Å². The molecule has 2 aliphatic carbocycles. The molecule has 4 fully saturated rings. The Balaban J connectivity index is 1.78. The van der Waals surface area contributed by atoms with E-state index in [0.29, 0.717) is 23.5 Å². The molecule has 4 aliphatic rings. The van der Waals surface area contributed by atoms with E-state index in [1.807, 2.05) is 0 Å². The molecule has 0 radical (unpaired) electrons. The highest BCUT2D eigenvalue weighted by atomic mass is 16.7. The Bertz CT molecular complexity index is 310. The zero-order chi connectivity index (χ0) is 11.3. The lowest BCUT2D eigenvalue weighted by Gasteiger charge is -2.55. The molecule has 2 aliphatic heterocycles. The molecule has 2 saturated heterocycles. The second-order valence-electron chi connectivity index (χ2n) is 5.67. The minimum Gasteiger partial charge on any atom is -0.430 e. The average Bonchev–Trinajstić information content (AvgIpc) is 2.13. The second kappa shape index (κ2) is 3.33. The Morgan fingerprint density at radius 3 is 2.44 bits per heavy atom. The fourth-order valence-corrected chi connectivity index (χ4v) is 3.66. The zero-order valence-corrected chi connectivity index (χ0v) is 9.70. The molecule has 4 rings (SSSR count). The molecule has 0 spiro atoms. The molecule has 2 unspecified atom stereocenters. The molecule has 3 nitrogen and oxygen atoms in total. The van der Waals surface area contributed by atoms with Crippen molar-refractivity contribution in [2.24, 2.45) is 11.8 Å². The summed E-state index contributed by atoms with van der Waals surface area (Å²) >= 11 is 0. The summed E-state index contributed by atoms with van der Waals surface area (Å²) < 4.78 is 11.5. The molecular formula is C13H18O3. The highest BCUT2D eigenvalue weighted by molar-refractivity contribution is 5.87. The van der Waals surface area contributed by atoms with Crippen LogP contribution in [-0.2, 0) is 14.3 Å². The van der Waals surface area contributed by atoms with Gasteiger partial charge in [0, 0.05) is 18.4 Å². The third kappa shape index (κ3) is 1.58. The number of esters is 1. The summed E-state index contributed by atoms with van der Waals surface area (Å²) in [7, 11) is 0. The monoisotopic (exact) mass is 222 g/mol. The lowest BCUT2D eigenvalue weighted by atomic mass is 9.66. The third-order valence-electron chi connectivity index (χ3n) is 4.07. The number of carbonyl (C=O) groups is 1. The van der Waals surface area contributed by atoms with E-state index in [1.54, 1.807) is 6.92 Å². The van der Waals surface area contributed by atoms with Crippen molar-refractivity contribution >= 4 is 5.97 Å². The van der Waals surface area contributed by atoms with Crippen LogP contribution in [0.2, 0.25) is 0 Å². The smallest absolute Gasteiger partial charge is 0.335 e. The molecule has 0 N–H and O–H groups in total. The highest BCUT2D eigenvalue weighted by Crippen LogP contribution is 2.53.